The molecule has 14 heavy (non-hydrogen) atoms. The standard InChI is InChI=1S/C8H12N2O4/c1-5(8(13)14)10-4-3-9(2)6(11)7(10)12/h5H,3-4H2,1-2H3,(H,13,14). The maximum absolute atomic E-state index is 11.4. The number of piperazine rings is 1. The molecular formula is C8H12N2O4. The van der Waals surface area contributed by atoms with Gasteiger partial charge in [0.05, 0.1) is 0 Å². The Kier molecular flexibility index (Phi) is 2.73. The maximum atomic E-state index is 11.4. The third kappa shape index (κ3) is 1.68. The highest BCUT2D eigenvalue weighted by Gasteiger charge is 2.35. The van der Waals surface area contributed by atoms with E-state index in [1.807, 2.05) is 0 Å². The number of rotatable bonds is 2. The van der Waals surface area contributed by atoms with Crippen LogP contribution in [-0.2, 0) is 14.4 Å². The van der Waals surface area contributed by atoms with Crippen LogP contribution in [0.25, 0.3) is 0 Å². The second-order valence-corrected chi connectivity index (χ2v) is 3.24. The SMILES string of the molecule is CC(C(=O)O)N1CCN(C)C(=O)C1=O. The van der Waals surface area contributed by atoms with Crippen LogP contribution in [0.5, 0.6) is 0 Å². The summed E-state index contributed by atoms with van der Waals surface area (Å²) in [4.78, 5) is 35.5. The van der Waals surface area contributed by atoms with Crippen molar-refractivity contribution < 1.29 is 19.5 Å². The number of hydrogen-bond donors (Lipinski definition) is 1. The maximum Gasteiger partial charge on any atom is 0.326 e. The molecule has 0 aromatic carbocycles. The van der Waals surface area contributed by atoms with Gasteiger partial charge in [-0.3, -0.25) is 9.59 Å². The molecule has 1 saturated heterocycles. The summed E-state index contributed by atoms with van der Waals surface area (Å²) in [5, 5.41) is 8.69. The zero-order chi connectivity index (χ0) is 10.9. The van der Waals surface area contributed by atoms with Crippen LogP contribution in [0.15, 0.2) is 0 Å². The van der Waals surface area contributed by atoms with E-state index in [2.05, 4.69) is 0 Å². The van der Waals surface area contributed by atoms with Gasteiger partial charge in [-0.1, -0.05) is 0 Å². The summed E-state index contributed by atoms with van der Waals surface area (Å²) < 4.78 is 0. The van der Waals surface area contributed by atoms with Crippen molar-refractivity contribution >= 4 is 17.8 Å². The molecule has 1 heterocycles. The van der Waals surface area contributed by atoms with Gasteiger partial charge >= 0.3 is 17.8 Å². The molecule has 1 fully saturated rings. The van der Waals surface area contributed by atoms with Gasteiger partial charge in [0, 0.05) is 20.1 Å². The van der Waals surface area contributed by atoms with Gasteiger partial charge in [-0.15, -0.1) is 0 Å². The lowest BCUT2D eigenvalue weighted by Crippen LogP contribution is -2.57. The van der Waals surface area contributed by atoms with Crippen molar-refractivity contribution in [2.75, 3.05) is 20.1 Å². The molecule has 0 bridgehead atoms. The summed E-state index contributed by atoms with van der Waals surface area (Å²) >= 11 is 0. The first-order chi connectivity index (χ1) is 6.45. The molecule has 0 saturated carbocycles. The van der Waals surface area contributed by atoms with E-state index < -0.39 is 23.8 Å². The fourth-order valence-corrected chi connectivity index (χ4v) is 1.25. The minimum absolute atomic E-state index is 0.272. The Bertz CT molecular complexity index is 289. The molecule has 1 N–H and O–H groups in total. The van der Waals surface area contributed by atoms with Crippen molar-refractivity contribution in [3.8, 4) is 0 Å². The molecule has 78 valence electrons. The second kappa shape index (κ2) is 3.65. The third-order valence-corrected chi connectivity index (χ3v) is 2.29. The Labute approximate surface area is 81.1 Å². The molecule has 1 aliphatic rings. The van der Waals surface area contributed by atoms with Gasteiger partial charge in [0.15, 0.2) is 0 Å². The predicted molar refractivity (Wildman–Crippen MR) is 46.4 cm³/mol. The van der Waals surface area contributed by atoms with E-state index in [0.29, 0.717) is 6.54 Å². The topological polar surface area (TPSA) is 77.9 Å². The van der Waals surface area contributed by atoms with Crippen molar-refractivity contribution in [1.29, 1.82) is 0 Å². The first kappa shape index (κ1) is 10.5. The molecule has 6 nitrogen and oxygen atoms in total. The Morgan fingerprint density at radius 1 is 1.36 bits per heavy atom. The Morgan fingerprint density at radius 3 is 2.43 bits per heavy atom. The van der Waals surface area contributed by atoms with Gasteiger partial charge in [-0.2, -0.15) is 0 Å². The number of nitrogens with zero attached hydrogens (tertiary/aromatic N) is 2. The molecule has 1 atom stereocenters. The molecule has 1 unspecified atom stereocenters. The normalized spacial score (nSPS) is 19.9. The fourth-order valence-electron chi connectivity index (χ4n) is 1.25. The van der Waals surface area contributed by atoms with Crippen molar-refractivity contribution in [1.82, 2.24) is 9.80 Å². The fraction of sp³-hybridized carbons (Fsp3) is 0.625. The average Bonchev–Trinajstić information content (AvgIpc) is 2.13. The molecule has 1 aliphatic heterocycles. The molecular weight excluding hydrogens is 188 g/mol. The lowest BCUT2D eigenvalue weighted by molar-refractivity contribution is -0.160. The lowest BCUT2D eigenvalue weighted by atomic mass is 10.2. The van der Waals surface area contributed by atoms with Crippen LogP contribution in [0.1, 0.15) is 6.92 Å². The average molecular weight is 200 g/mol. The van der Waals surface area contributed by atoms with E-state index in [1.165, 1.54) is 18.9 Å². The Morgan fingerprint density at radius 2 is 1.93 bits per heavy atom. The highest BCUT2D eigenvalue weighted by molar-refractivity contribution is 6.35. The first-order valence-corrected chi connectivity index (χ1v) is 4.24. The van der Waals surface area contributed by atoms with Crippen LogP contribution >= 0.6 is 0 Å². The smallest absolute Gasteiger partial charge is 0.326 e. The van der Waals surface area contributed by atoms with Crippen molar-refractivity contribution in [2.45, 2.75) is 13.0 Å². The van der Waals surface area contributed by atoms with E-state index in [9.17, 15) is 14.4 Å². The minimum atomic E-state index is -1.10. The molecule has 1 rings (SSSR count). The van der Waals surface area contributed by atoms with Crippen LogP contribution in [0.4, 0.5) is 0 Å². The van der Waals surface area contributed by atoms with E-state index in [1.54, 1.807) is 0 Å². The number of amides is 2. The number of carboxylic acid groups (broad SMARTS) is 1. The summed E-state index contributed by atoms with van der Waals surface area (Å²) in [6.07, 6.45) is 0. The minimum Gasteiger partial charge on any atom is -0.480 e. The third-order valence-electron chi connectivity index (χ3n) is 2.29. The molecule has 0 aliphatic carbocycles. The monoisotopic (exact) mass is 200 g/mol. The molecule has 0 spiro atoms. The van der Waals surface area contributed by atoms with E-state index >= 15 is 0 Å². The van der Waals surface area contributed by atoms with Crippen LogP contribution in [0.3, 0.4) is 0 Å². The summed E-state index contributed by atoms with van der Waals surface area (Å²) in [5.41, 5.74) is 0. The van der Waals surface area contributed by atoms with Gasteiger partial charge in [0.1, 0.15) is 6.04 Å². The zero-order valence-electron chi connectivity index (χ0n) is 8.06. The molecule has 2 amide bonds. The number of carboxylic acids is 1. The van der Waals surface area contributed by atoms with Crippen LogP contribution in [0.2, 0.25) is 0 Å². The van der Waals surface area contributed by atoms with Gasteiger partial charge in [0.2, 0.25) is 0 Å². The van der Waals surface area contributed by atoms with Crippen molar-refractivity contribution in [2.24, 2.45) is 0 Å². The first-order valence-electron chi connectivity index (χ1n) is 4.24. The zero-order valence-corrected chi connectivity index (χ0v) is 8.06. The summed E-state index contributed by atoms with van der Waals surface area (Å²) in [7, 11) is 1.52. The van der Waals surface area contributed by atoms with E-state index in [4.69, 9.17) is 5.11 Å². The van der Waals surface area contributed by atoms with Gasteiger partial charge in [-0.05, 0) is 6.92 Å². The second-order valence-electron chi connectivity index (χ2n) is 3.24. The summed E-state index contributed by atoms with van der Waals surface area (Å²) in [5.74, 6) is -2.49. The van der Waals surface area contributed by atoms with Gasteiger partial charge in [-0.25, -0.2) is 4.79 Å². The van der Waals surface area contributed by atoms with Crippen LogP contribution < -0.4 is 0 Å². The predicted octanol–water partition coefficient (Wildman–Crippen LogP) is -1.24. The van der Waals surface area contributed by atoms with Crippen molar-refractivity contribution in [3.63, 3.8) is 0 Å². The molecule has 6 heteroatoms. The molecule has 0 radical (unpaired) electrons. The van der Waals surface area contributed by atoms with Crippen molar-refractivity contribution in [3.05, 3.63) is 0 Å². The summed E-state index contributed by atoms with van der Waals surface area (Å²) in [6.45, 7) is 2.04. The Hall–Kier alpha value is -1.59. The highest BCUT2D eigenvalue weighted by atomic mass is 16.4. The number of likely N-dealkylation sites (N-methyl/N-ethyl adjacent to an activating group) is 1. The highest BCUT2D eigenvalue weighted by Crippen LogP contribution is 2.07. The van der Waals surface area contributed by atoms with Gasteiger partial charge < -0.3 is 14.9 Å². The van der Waals surface area contributed by atoms with Gasteiger partial charge in [0.25, 0.3) is 0 Å². The Balaban J connectivity index is 2.78. The number of hydrogen-bond acceptors (Lipinski definition) is 3. The summed E-state index contributed by atoms with van der Waals surface area (Å²) in [6, 6.07) is -0.944. The lowest BCUT2D eigenvalue weighted by Gasteiger charge is -2.33. The number of aliphatic carboxylic acids is 1. The molecule has 0 aromatic heterocycles. The van der Waals surface area contributed by atoms with Crippen LogP contribution in [0, 0.1) is 0 Å². The van der Waals surface area contributed by atoms with E-state index in [0.717, 1.165) is 4.90 Å². The van der Waals surface area contributed by atoms with Crippen LogP contribution in [-0.4, -0.2) is 58.9 Å². The number of carbonyl (C=O) groups is 3. The quantitative estimate of drug-likeness (QED) is 0.565. The number of carbonyl (C=O) groups excluding carboxylic acids is 2. The van der Waals surface area contributed by atoms with E-state index in [-0.39, 0.29) is 6.54 Å². The largest absolute Gasteiger partial charge is 0.480 e. The molecule has 0 aromatic rings.